The van der Waals surface area contributed by atoms with Crippen molar-refractivity contribution in [3.05, 3.63) is 11.2 Å². The summed E-state index contributed by atoms with van der Waals surface area (Å²) in [6, 6.07) is 0. The molecule has 1 aromatic rings. The zero-order valence-corrected chi connectivity index (χ0v) is 7.09. The van der Waals surface area contributed by atoms with Gasteiger partial charge in [0, 0.05) is 0 Å². The third kappa shape index (κ3) is 2.02. The first-order valence-electron chi connectivity index (χ1n) is 2.60. The zero-order chi connectivity index (χ0) is 9.35. The highest BCUT2D eigenvalue weighted by Gasteiger charge is 2.34. The van der Waals surface area contributed by atoms with Gasteiger partial charge in [0.25, 0.3) is 0 Å². The monoisotopic (exact) mass is 216 g/mol. The van der Waals surface area contributed by atoms with E-state index in [0.717, 1.165) is 6.20 Å². The highest BCUT2D eigenvalue weighted by Crippen LogP contribution is 2.32. The number of hydrogen-bond acceptors (Lipinski definition) is 3. The van der Waals surface area contributed by atoms with Crippen LogP contribution in [0.5, 0.6) is 0 Å². The molecule has 1 heterocycles. The smallest absolute Gasteiger partial charge is 0.247 e. The van der Waals surface area contributed by atoms with Gasteiger partial charge in [-0.05, 0) is 0 Å². The van der Waals surface area contributed by atoms with E-state index in [9.17, 15) is 17.4 Å². The third-order valence-corrected chi connectivity index (χ3v) is 3.01. The Morgan fingerprint density at radius 1 is 1.58 bits per heavy atom. The van der Waals surface area contributed by atoms with Crippen LogP contribution in [0.1, 0.15) is 5.01 Å². The molecule has 2 N–H and O–H groups in total. The van der Waals surface area contributed by atoms with Crippen LogP contribution in [0.2, 0.25) is 0 Å². The number of hydrogen-bond donors (Lipinski definition) is 1. The molecule has 0 fully saturated rings. The van der Waals surface area contributed by atoms with Crippen molar-refractivity contribution in [2.45, 2.75) is 10.4 Å². The maximum atomic E-state index is 11.9. The maximum absolute atomic E-state index is 11.9. The Balaban J connectivity index is 3.00. The van der Waals surface area contributed by atoms with E-state index in [0.29, 0.717) is 0 Å². The summed E-state index contributed by atoms with van der Waals surface area (Å²) in [7, 11) is -1.89. The van der Waals surface area contributed by atoms with Gasteiger partial charge in [0.1, 0.15) is 15.2 Å². The molecule has 8 heteroatoms. The lowest BCUT2D eigenvalue weighted by atomic mass is 10.7. The van der Waals surface area contributed by atoms with Crippen LogP contribution < -0.4 is 5.14 Å². The van der Waals surface area contributed by atoms with Crippen molar-refractivity contribution in [1.29, 1.82) is 0 Å². The van der Waals surface area contributed by atoms with Crippen molar-refractivity contribution >= 4 is 22.3 Å². The molecule has 0 aromatic carbocycles. The number of nitrogens with zero attached hydrogens (tertiary/aromatic N) is 1. The van der Waals surface area contributed by atoms with Crippen LogP contribution >= 0.6 is 11.3 Å². The van der Waals surface area contributed by atoms with Crippen molar-refractivity contribution in [3.63, 3.8) is 0 Å². The number of nitrogens with two attached hydrogens (primary N) is 1. The fourth-order valence-corrected chi connectivity index (χ4v) is 1.72. The van der Waals surface area contributed by atoms with Gasteiger partial charge in [-0.1, -0.05) is 11.3 Å². The van der Waals surface area contributed by atoms with Crippen LogP contribution in [-0.4, -0.2) is 9.19 Å². The predicted octanol–water partition coefficient (Wildman–Crippen LogP) is 1.14. The van der Waals surface area contributed by atoms with E-state index in [2.05, 4.69) is 4.98 Å². The lowest BCUT2D eigenvalue weighted by Gasteiger charge is -1.98. The number of rotatable bonds is 1. The molecule has 0 spiro atoms. The van der Waals surface area contributed by atoms with Gasteiger partial charge in [-0.15, -0.1) is 0 Å². The molecule has 1 atom stereocenters. The highest BCUT2D eigenvalue weighted by molar-refractivity contribution is 7.85. The SMILES string of the molecule is NS(=O)c1cnc(C(F)(F)F)s1. The molecule has 0 saturated heterocycles. The molecule has 1 aromatic heterocycles. The van der Waals surface area contributed by atoms with Crippen molar-refractivity contribution in [2.24, 2.45) is 5.14 Å². The fourth-order valence-electron chi connectivity index (χ4n) is 0.483. The Morgan fingerprint density at radius 3 is 2.42 bits per heavy atom. The van der Waals surface area contributed by atoms with Crippen molar-refractivity contribution in [2.75, 3.05) is 0 Å². The average Bonchev–Trinajstić information content (AvgIpc) is 2.30. The minimum Gasteiger partial charge on any atom is -0.247 e. The molecule has 0 saturated carbocycles. The van der Waals surface area contributed by atoms with E-state index in [1.165, 1.54) is 0 Å². The van der Waals surface area contributed by atoms with E-state index in [-0.39, 0.29) is 15.5 Å². The molecular weight excluding hydrogens is 213 g/mol. The molecule has 0 aliphatic rings. The van der Waals surface area contributed by atoms with Crippen LogP contribution in [0.25, 0.3) is 0 Å². The standard InChI is InChI=1S/C4H3F3N2OS2/c5-4(6,7)3-9-1-2(11-3)12(8)10/h1H,8H2. The first kappa shape index (κ1) is 9.62. The van der Waals surface area contributed by atoms with Gasteiger partial charge >= 0.3 is 6.18 Å². The lowest BCUT2D eigenvalue weighted by Crippen LogP contribution is -2.03. The highest BCUT2D eigenvalue weighted by atomic mass is 32.2. The Labute approximate surface area is 72.0 Å². The summed E-state index contributed by atoms with van der Waals surface area (Å²) >= 11 is 0.287. The van der Waals surface area contributed by atoms with Crippen molar-refractivity contribution in [3.8, 4) is 0 Å². The molecule has 0 amide bonds. The molecule has 1 rings (SSSR count). The largest absolute Gasteiger partial charge is 0.443 e. The minimum absolute atomic E-state index is 0.0812. The number of halogens is 3. The molecule has 12 heavy (non-hydrogen) atoms. The molecule has 68 valence electrons. The Kier molecular flexibility index (Phi) is 2.49. The van der Waals surface area contributed by atoms with Gasteiger partial charge in [-0.3, -0.25) is 0 Å². The van der Waals surface area contributed by atoms with Crippen LogP contribution in [0.15, 0.2) is 10.4 Å². The molecule has 0 aliphatic heterocycles. The summed E-state index contributed by atoms with van der Waals surface area (Å²) in [5.41, 5.74) is 0. The second-order valence-corrected chi connectivity index (χ2v) is 4.10. The number of aromatic nitrogens is 1. The van der Waals surface area contributed by atoms with Crippen molar-refractivity contribution < 1.29 is 17.4 Å². The predicted molar refractivity (Wildman–Crippen MR) is 37.7 cm³/mol. The maximum Gasteiger partial charge on any atom is 0.443 e. The van der Waals surface area contributed by atoms with E-state index >= 15 is 0 Å². The quantitative estimate of drug-likeness (QED) is 0.765. The second kappa shape index (κ2) is 3.11. The van der Waals surface area contributed by atoms with Gasteiger partial charge in [0.15, 0.2) is 5.01 Å². The van der Waals surface area contributed by atoms with Gasteiger partial charge in [-0.2, -0.15) is 13.2 Å². The summed E-state index contributed by atoms with van der Waals surface area (Å²) in [5, 5.41) is 3.81. The van der Waals surface area contributed by atoms with Crippen molar-refractivity contribution in [1.82, 2.24) is 4.98 Å². The first-order chi connectivity index (χ1) is 5.41. The van der Waals surface area contributed by atoms with E-state index < -0.39 is 22.2 Å². The topological polar surface area (TPSA) is 56.0 Å². The van der Waals surface area contributed by atoms with Crippen LogP contribution in [0, 0.1) is 0 Å². The summed E-state index contributed by atoms with van der Waals surface area (Å²) in [5.74, 6) is 0. The van der Waals surface area contributed by atoms with Gasteiger partial charge < -0.3 is 0 Å². The molecule has 3 nitrogen and oxygen atoms in total. The normalized spacial score (nSPS) is 14.7. The molecule has 0 bridgehead atoms. The first-order valence-corrected chi connectivity index (χ1v) is 4.63. The fraction of sp³-hybridized carbons (Fsp3) is 0.250. The van der Waals surface area contributed by atoms with Crippen LogP contribution in [-0.2, 0) is 17.2 Å². The summed E-state index contributed by atoms with van der Waals surface area (Å²) < 4.78 is 46.0. The molecule has 1 unspecified atom stereocenters. The van der Waals surface area contributed by atoms with Gasteiger partial charge in [-0.25, -0.2) is 14.3 Å². The summed E-state index contributed by atoms with van der Waals surface area (Å²) in [4.78, 5) is 3.03. The summed E-state index contributed by atoms with van der Waals surface area (Å²) in [6.45, 7) is 0. The van der Waals surface area contributed by atoms with Crippen LogP contribution in [0.3, 0.4) is 0 Å². The molecule has 0 radical (unpaired) electrons. The summed E-state index contributed by atoms with van der Waals surface area (Å²) in [6.07, 6.45) is -3.62. The van der Waals surface area contributed by atoms with Gasteiger partial charge in [0.2, 0.25) is 0 Å². The van der Waals surface area contributed by atoms with Crippen LogP contribution in [0.4, 0.5) is 13.2 Å². The Bertz CT molecular complexity index is 307. The second-order valence-electron chi connectivity index (χ2n) is 1.78. The molecular formula is C4H3F3N2OS2. The number of thiazole rings is 1. The van der Waals surface area contributed by atoms with Gasteiger partial charge in [0.05, 0.1) is 6.20 Å². The average molecular weight is 216 g/mol. The Hall–Kier alpha value is -0.470. The third-order valence-electron chi connectivity index (χ3n) is 0.925. The molecule has 0 aliphatic carbocycles. The van der Waals surface area contributed by atoms with E-state index in [1.807, 2.05) is 0 Å². The Morgan fingerprint density at radius 2 is 2.17 bits per heavy atom. The van der Waals surface area contributed by atoms with E-state index in [1.54, 1.807) is 0 Å². The lowest BCUT2D eigenvalue weighted by molar-refractivity contribution is -0.137. The zero-order valence-electron chi connectivity index (χ0n) is 5.46. The number of alkyl halides is 3. The van der Waals surface area contributed by atoms with E-state index in [4.69, 9.17) is 5.14 Å². The minimum atomic E-state index is -4.48.